The quantitative estimate of drug-likeness (QED) is 0.120. The predicted octanol–water partition coefficient (Wildman–Crippen LogP) is 8.99. The Hall–Kier alpha value is -4.34. The van der Waals surface area contributed by atoms with Crippen LogP contribution in [0.4, 0.5) is 4.79 Å². The molecule has 4 aromatic rings. The molecule has 7 rings (SSSR count). The van der Waals surface area contributed by atoms with E-state index in [1.165, 1.54) is 36.8 Å². The van der Waals surface area contributed by atoms with E-state index in [0.29, 0.717) is 32.7 Å². The third-order valence-electron chi connectivity index (χ3n) is 11.9. The summed E-state index contributed by atoms with van der Waals surface area (Å²) in [6.07, 6.45) is 9.07. The lowest BCUT2D eigenvalue weighted by Crippen LogP contribution is -2.51. The van der Waals surface area contributed by atoms with Crippen molar-refractivity contribution in [3.05, 3.63) is 90.1 Å². The lowest BCUT2D eigenvalue weighted by Gasteiger charge is -2.40. The number of carbonyl (C=O) groups is 2. The zero-order valence-corrected chi connectivity index (χ0v) is 34.3. The smallest absolute Gasteiger partial charge is 0.410 e. The summed E-state index contributed by atoms with van der Waals surface area (Å²) in [6.45, 7) is 11.7. The van der Waals surface area contributed by atoms with E-state index in [1.54, 1.807) is 12.0 Å². The van der Waals surface area contributed by atoms with Crippen LogP contribution in [0.5, 0.6) is 5.75 Å². The highest BCUT2D eigenvalue weighted by molar-refractivity contribution is 5.86. The van der Waals surface area contributed by atoms with Gasteiger partial charge in [-0.05, 0) is 138 Å². The van der Waals surface area contributed by atoms with Gasteiger partial charge in [0.1, 0.15) is 11.4 Å². The molecule has 2 aliphatic heterocycles. The van der Waals surface area contributed by atoms with Gasteiger partial charge in [0.25, 0.3) is 0 Å². The fourth-order valence-corrected chi connectivity index (χ4v) is 8.66. The molecule has 3 fully saturated rings. The summed E-state index contributed by atoms with van der Waals surface area (Å²) in [5.74, 6) is 1.32. The van der Waals surface area contributed by atoms with E-state index in [0.717, 1.165) is 72.8 Å². The van der Waals surface area contributed by atoms with Crippen molar-refractivity contribution in [2.75, 3.05) is 53.6 Å². The van der Waals surface area contributed by atoms with Gasteiger partial charge in [-0.1, -0.05) is 54.6 Å². The van der Waals surface area contributed by atoms with Crippen LogP contribution in [0.3, 0.4) is 0 Å². The van der Waals surface area contributed by atoms with E-state index in [-0.39, 0.29) is 24.0 Å². The van der Waals surface area contributed by atoms with Gasteiger partial charge in [0, 0.05) is 63.0 Å². The zero-order valence-electron chi connectivity index (χ0n) is 34.3. The molecule has 3 aliphatic rings. The molecule has 1 saturated carbocycles. The molecule has 56 heavy (non-hydrogen) atoms. The van der Waals surface area contributed by atoms with Gasteiger partial charge < -0.3 is 33.5 Å². The van der Waals surface area contributed by atoms with E-state index >= 15 is 4.79 Å². The molecule has 2 amide bonds. The summed E-state index contributed by atoms with van der Waals surface area (Å²) >= 11 is 0. The average Bonchev–Trinajstić information content (AvgIpc) is 3.99. The van der Waals surface area contributed by atoms with Gasteiger partial charge >= 0.3 is 6.09 Å². The molecule has 0 spiro atoms. The molecule has 1 aliphatic carbocycles. The van der Waals surface area contributed by atoms with Crippen molar-refractivity contribution in [2.24, 2.45) is 11.8 Å². The molecule has 2 atom stereocenters. The largest absolute Gasteiger partial charge is 0.494 e. The van der Waals surface area contributed by atoms with Crippen LogP contribution in [0.15, 0.2) is 79.0 Å². The number of ether oxygens (including phenoxy) is 3. The molecule has 9 nitrogen and oxygen atoms in total. The van der Waals surface area contributed by atoms with Gasteiger partial charge in [0.05, 0.1) is 12.5 Å². The van der Waals surface area contributed by atoms with Gasteiger partial charge in [-0.25, -0.2) is 4.79 Å². The van der Waals surface area contributed by atoms with Crippen LogP contribution >= 0.6 is 0 Å². The minimum absolute atomic E-state index is 0.0417. The van der Waals surface area contributed by atoms with E-state index in [9.17, 15) is 4.79 Å². The monoisotopic (exact) mass is 762 g/mol. The zero-order chi connectivity index (χ0) is 39.2. The van der Waals surface area contributed by atoms with E-state index in [4.69, 9.17) is 14.2 Å². The lowest BCUT2D eigenvalue weighted by atomic mass is 9.79. The number of hydrogen-bond acceptors (Lipinski definition) is 6. The first kappa shape index (κ1) is 39.9. The Balaban J connectivity index is 1.11. The van der Waals surface area contributed by atoms with Crippen LogP contribution < -0.4 is 4.74 Å². The van der Waals surface area contributed by atoms with Crippen molar-refractivity contribution < 1.29 is 23.8 Å². The number of para-hydroxylation sites is 1. The molecule has 3 aromatic carbocycles. The van der Waals surface area contributed by atoms with Crippen molar-refractivity contribution in [2.45, 2.75) is 96.4 Å². The van der Waals surface area contributed by atoms with Crippen LogP contribution in [-0.4, -0.2) is 96.5 Å². The number of piperidine rings is 2. The Bertz CT molecular complexity index is 1920. The first-order chi connectivity index (χ1) is 27.1. The van der Waals surface area contributed by atoms with Crippen LogP contribution in [0, 0.1) is 11.8 Å². The van der Waals surface area contributed by atoms with Gasteiger partial charge in [-0.2, -0.15) is 0 Å². The third kappa shape index (κ3) is 9.96. The van der Waals surface area contributed by atoms with E-state index in [1.807, 2.05) is 20.8 Å². The van der Waals surface area contributed by atoms with Gasteiger partial charge in [-0.15, -0.1) is 0 Å². The number of fused-ring (bicyclic) bond motifs is 1. The highest BCUT2D eigenvalue weighted by atomic mass is 16.6. The Morgan fingerprint density at radius 1 is 0.857 bits per heavy atom. The molecule has 0 bridgehead atoms. The number of aryl methyl sites for hydroxylation is 1. The van der Waals surface area contributed by atoms with Gasteiger partial charge in [0.15, 0.2) is 0 Å². The summed E-state index contributed by atoms with van der Waals surface area (Å²) in [5, 5.41) is 1.18. The molecule has 9 heteroatoms. The fraction of sp³-hybridized carbons (Fsp3) is 0.532. The number of amides is 2. The second kappa shape index (κ2) is 17.9. The number of likely N-dealkylation sites (tertiary alicyclic amines) is 2. The Morgan fingerprint density at radius 3 is 2.36 bits per heavy atom. The average molecular weight is 763 g/mol. The molecule has 3 heterocycles. The van der Waals surface area contributed by atoms with Crippen molar-refractivity contribution in [3.8, 4) is 16.9 Å². The minimum atomic E-state index is -0.618. The summed E-state index contributed by atoms with van der Waals surface area (Å²) in [7, 11) is 3.94. The Labute approximate surface area is 333 Å². The van der Waals surface area contributed by atoms with E-state index < -0.39 is 11.5 Å². The maximum absolute atomic E-state index is 15.1. The highest BCUT2D eigenvalue weighted by Gasteiger charge is 2.43. The maximum atomic E-state index is 15.1. The van der Waals surface area contributed by atoms with Crippen LogP contribution in [0.1, 0.15) is 82.8 Å². The molecular formula is C47H62N4O5. The molecule has 0 N–H and O–H groups in total. The van der Waals surface area contributed by atoms with Crippen LogP contribution in [-0.2, 0) is 27.4 Å². The summed E-state index contributed by atoms with van der Waals surface area (Å²) in [6, 6.07) is 25.8. The topological polar surface area (TPSA) is 76.5 Å². The fourth-order valence-electron chi connectivity index (χ4n) is 8.66. The van der Waals surface area contributed by atoms with Gasteiger partial charge in [0.2, 0.25) is 5.91 Å². The Morgan fingerprint density at radius 2 is 1.62 bits per heavy atom. The van der Waals surface area contributed by atoms with Crippen molar-refractivity contribution in [3.63, 3.8) is 0 Å². The third-order valence-corrected chi connectivity index (χ3v) is 11.9. The normalized spacial score (nSPS) is 19.6. The number of rotatable bonds is 14. The SMILES string of the molecule is COCCCn1cc(CN(C(=O)[C@H]2CN(C(=O)OC(C)(C)C)CC[C@@H]2c2cccc(-c3ccc(OCCC4CCN(C)CC4)cc3)c2)C2CC2)c2ccccc21. The Kier molecular flexibility index (Phi) is 12.7. The highest BCUT2D eigenvalue weighted by Crippen LogP contribution is 2.40. The number of aromatic nitrogens is 1. The number of carbonyl (C=O) groups excluding carboxylic acids is 2. The predicted molar refractivity (Wildman–Crippen MR) is 223 cm³/mol. The summed E-state index contributed by atoms with van der Waals surface area (Å²) < 4.78 is 19.7. The van der Waals surface area contributed by atoms with Crippen molar-refractivity contribution in [1.29, 1.82) is 0 Å². The minimum Gasteiger partial charge on any atom is -0.494 e. The van der Waals surface area contributed by atoms with Crippen LogP contribution in [0.25, 0.3) is 22.0 Å². The van der Waals surface area contributed by atoms with E-state index in [2.05, 4.69) is 100 Å². The number of hydrogen-bond donors (Lipinski definition) is 0. The first-order valence-corrected chi connectivity index (χ1v) is 20.9. The van der Waals surface area contributed by atoms with Gasteiger partial charge in [-0.3, -0.25) is 4.79 Å². The van der Waals surface area contributed by atoms with Crippen molar-refractivity contribution >= 4 is 22.9 Å². The van der Waals surface area contributed by atoms with Crippen molar-refractivity contribution in [1.82, 2.24) is 19.3 Å². The molecule has 2 saturated heterocycles. The molecular weight excluding hydrogens is 701 g/mol. The molecule has 0 radical (unpaired) electrons. The molecule has 300 valence electrons. The lowest BCUT2D eigenvalue weighted by molar-refractivity contribution is -0.139. The second-order valence-electron chi connectivity index (χ2n) is 17.4. The number of nitrogens with zero attached hydrogens (tertiary/aromatic N) is 4. The summed E-state index contributed by atoms with van der Waals surface area (Å²) in [5.41, 5.74) is 5.08. The standard InChI is InChI=1S/C47H62N4O5/c1-47(2,3)56-46(53)50-27-22-41(37-11-8-10-36(30-37)35-14-18-40(19-15-35)55-29-23-34-20-25-48(4)26-21-34)43(33-50)45(52)51(39-16-17-39)32-38-31-49(24-9-28-54-5)44-13-7-6-12-42(38)44/h6-8,10-15,18-19,30-31,34,39,41,43H,9,16-17,20-29,32-33H2,1-5H3/t41-,43+/m1/s1. The number of methoxy groups -OCH3 is 1. The summed E-state index contributed by atoms with van der Waals surface area (Å²) in [4.78, 5) is 34.8. The number of benzene rings is 3. The molecule has 0 unspecified atom stereocenters. The second-order valence-corrected chi connectivity index (χ2v) is 17.4. The maximum Gasteiger partial charge on any atom is 0.410 e. The first-order valence-electron chi connectivity index (χ1n) is 20.9. The molecule has 1 aromatic heterocycles. The van der Waals surface area contributed by atoms with Crippen LogP contribution in [0.2, 0.25) is 0 Å².